The van der Waals surface area contributed by atoms with Crippen molar-refractivity contribution in [2.75, 3.05) is 0 Å². The Kier molecular flexibility index (Phi) is 5.52. The molecule has 1 unspecified atom stereocenters. The van der Waals surface area contributed by atoms with Crippen LogP contribution in [0.25, 0.3) is 0 Å². The molecule has 0 bridgehead atoms. The molecule has 1 atom stereocenters. The molecule has 0 rings (SSSR count). The third-order valence-electron chi connectivity index (χ3n) is 1.21. The summed E-state index contributed by atoms with van der Waals surface area (Å²) < 4.78 is 0. The smallest absolute Gasteiger partial charge is 0.201 e. The van der Waals surface area contributed by atoms with E-state index in [0.29, 0.717) is 0 Å². The summed E-state index contributed by atoms with van der Waals surface area (Å²) in [6.45, 7) is 2.05. The van der Waals surface area contributed by atoms with Crippen molar-refractivity contribution in [3.8, 4) is 0 Å². The molecule has 0 aliphatic heterocycles. The maximum Gasteiger partial charge on any atom is 0.201 e. The summed E-state index contributed by atoms with van der Waals surface area (Å²) in [6.07, 6.45) is 4.17. The van der Waals surface area contributed by atoms with Gasteiger partial charge in [0.1, 0.15) is 0 Å². The van der Waals surface area contributed by atoms with Crippen LogP contribution < -0.4 is 0 Å². The molecule has 53 valence electrons. The molecule has 0 aromatic rings. The van der Waals surface area contributed by atoms with Crippen LogP contribution in [0.5, 0.6) is 0 Å². The summed E-state index contributed by atoms with van der Waals surface area (Å²) in [5.41, 5.74) is 0. The van der Waals surface area contributed by atoms with E-state index in [-0.39, 0.29) is 6.42 Å². The van der Waals surface area contributed by atoms with Crippen LogP contribution in [0, 0.1) is 0 Å². The molecule has 1 N–H and O–H groups in total. The van der Waals surface area contributed by atoms with Crippen molar-refractivity contribution < 1.29 is 9.90 Å². The standard InChI is InChI=1S/C7H13O2/c1-2-3-4-7(9)5-6-8/h7,9H,2-5H2,1H3. The first kappa shape index (κ1) is 8.63. The number of rotatable bonds is 5. The van der Waals surface area contributed by atoms with Crippen LogP contribution in [0.4, 0.5) is 0 Å². The average molecular weight is 129 g/mol. The number of hydrogen-bond acceptors (Lipinski definition) is 2. The Labute approximate surface area is 55.9 Å². The third-order valence-corrected chi connectivity index (χ3v) is 1.21. The second kappa shape index (κ2) is 5.76. The van der Waals surface area contributed by atoms with Gasteiger partial charge in [0.05, 0.1) is 6.10 Å². The SMILES string of the molecule is CCCCC(O)C[C]=O. The number of hydrogen-bond donors (Lipinski definition) is 1. The molecule has 0 saturated carbocycles. The van der Waals surface area contributed by atoms with E-state index < -0.39 is 6.10 Å². The number of carbonyl (C=O) groups excluding carboxylic acids is 1. The first-order chi connectivity index (χ1) is 4.31. The predicted octanol–water partition coefficient (Wildman–Crippen LogP) is 1.04. The lowest BCUT2D eigenvalue weighted by Crippen LogP contribution is -2.05. The van der Waals surface area contributed by atoms with Gasteiger partial charge in [-0.2, -0.15) is 0 Å². The van der Waals surface area contributed by atoms with Crippen LogP contribution in [0.3, 0.4) is 0 Å². The molecule has 0 saturated heterocycles. The molecular weight excluding hydrogens is 116 g/mol. The highest BCUT2D eigenvalue weighted by molar-refractivity contribution is 5.51. The van der Waals surface area contributed by atoms with Crippen LogP contribution >= 0.6 is 0 Å². The maximum atomic E-state index is 9.69. The zero-order chi connectivity index (χ0) is 7.11. The number of aliphatic hydroxyl groups excluding tert-OH is 1. The lowest BCUT2D eigenvalue weighted by atomic mass is 10.1. The Balaban J connectivity index is 3.04. The van der Waals surface area contributed by atoms with Gasteiger partial charge < -0.3 is 5.11 Å². The molecule has 0 heterocycles. The Bertz CT molecular complexity index is 71.3. The summed E-state index contributed by atoms with van der Waals surface area (Å²) in [4.78, 5) is 9.69. The lowest BCUT2D eigenvalue weighted by Gasteiger charge is -2.02. The van der Waals surface area contributed by atoms with E-state index in [1.807, 2.05) is 0 Å². The zero-order valence-electron chi connectivity index (χ0n) is 5.76. The largest absolute Gasteiger partial charge is 0.393 e. The highest BCUT2D eigenvalue weighted by Gasteiger charge is 2.00. The third kappa shape index (κ3) is 5.50. The molecule has 2 heteroatoms. The van der Waals surface area contributed by atoms with Gasteiger partial charge in [-0.1, -0.05) is 19.8 Å². The van der Waals surface area contributed by atoms with Crippen LogP contribution in [-0.4, -0.2) is 17.5 Å². The average Bonchev–Trinajstić information content (AvgIpc) is 1.85. The van der Waals surface area contributed by atoms with Crippen LogP contribution in [0.2, 0.25) is 0 Å². The Hall–Kier alpha value is -0.370. The highest BCUT2D eigenvalue weighted by atomic mass is 16.3. The van der Waals surface area contributed by atoms with Crippen LogP contribution in [0.15, 0.2) is 0 Å². The van der Waals surface area contributed by atoms with Gasteiger partial charge in [0.15, 0.2) is 0 Å². The van der Waals surface area contributed by atoms with E-state index in [1.54, 1.807) is 6.29 Å². The molecule has 0 aromatic carbocycles. The summed E-state index contributed by atoms with van der Waals surface area (Å²) in [5, 5.41) is 8.92. The lowest BCUT2D eigenvalue weighted by molar-refractivity contribution is 0.168. The molecule has 0 amide bonds. The summed E-state index contributed by atoms with van der Waals surface area (Å²) in [5.74, 6) is 0. The minimum Gasteiger partial charge on any atom is -0.393 e. The van der Waals surface area contributed by atoms with Crippen molar-refractivity contribution in [1.29, 1.82) is 0 Å². The first-order valence-corrected chi connectivity index (χ1v) is 3.34. The van der Waals surface area contributed by atoms with Gasteiger partial charge in [-0.3, -0.25) is 4.79 Å². The van der Waals surface area contributed by atoms with Gasteiger partial charge in [-0.15, -0.1) is 0 Å². The predicted molar refractivity (Wildman–Crippen MR) is 35.8 cm³/mol. The topological polar surface area (TPSA) is 37.3 Å². The van der Waals surface area contributed by atoms with Gasteiger partial charge >= 0.3 is 0 Å². The van der Waals surface area contributed by atoms with E-state index in [4.69, 9.17) is 5.11 Å². The van der Waals surface area contributed by atoms with Crippen molar-refractivity contribution in [3.05, 3.63) is 0 Å². The van der Waals surface area contributed by atoms with E-state index in [1.165, 1.54) is 0 Å². The quantitative estimate of drug-likeness (QED) is 0.602. The molecule has 0 aliphatic rings. The van der Waals surface area contributed by atoms with E-state index >= 15 is 0 Å². The Morgan fingerprint density at radius 1 is 1.67 bits per heavy atom. The molecule has 9 heavy (non-hydrogen) atoms. The van der Waals surface area contributed by atoms with E-state index in [0.717, 1.165) is 19.3 Å². The fraction of sp³-hybridized carbons (Fsp3) is 0.857. The second-order valence-corrected chi connectivity index (χ2v) is 2.14. The van der Waals surface area contributed by atoms with Crippen LogP contribution in [0.1, 0.15) is 32.6 Å². The van der Waals surface area contributed by atoms with Gasteiger partial charge in [0.2, 0.25) is 6.29 Å². The number of unbranched alkanes of at least 4 members (excludes halogenated alkanes) is 1. The van der Waals surface area contributed by atoms with Gasteiger partial charge in [0, 0.05) is 6.42 Å². The van der Waals surface area contributed by atoms with Crippen molar-refractivity contribution in [1.82, 2.24) is 0 Å². The Morgan fingerprint density at radius 2 is 2.33 bits per heavy atom. The van der Waals surface area contributed by atoms with Crippen molar-refractivity contribution in [2.45, 2.75) is 38.7 Å². The molecule has 2 nitrogen and oxygen atoms in total. The van der Waals surface area contributed by atoms with Crippen molar-refractivity contribution >= 4 is 6.29 Å². The molecule has 0 aliphatic carbocycles. The van der Waals surface area contributed by atoms with Gasteiger partial charge in [-0.05, 0) is 6.42 Å². The minimum atomic E-state index is -0.456. The minimum absolute atomic E-state index is 0.167. The monoisotopic (exact) mass is 129 g/mol. The fourth-order valence-corrected chi connectivity index (χ4v) is 0.638. The molecule has 0 spiro atoms. The van der Waals surface area contributed by atoms with Crippen molar-refractivity contribution in [3.63, 3.8) is 0 Å². The molecular formula is C7H13O2. The summed E-state index contributed by atoms with van der Waals surface area (Å²) >= 11 is 0. The summed E-state index contributed by atoms with van der Waals surface area (Å²) in [7, 11) is 0. The molecule has 0 fully saturated rings. The van der Waals surface area contributed by atoms with Crippen molar-refractivity contribution in [2.24, 2.45) is 0 Å². The van der Waals surface area contributed by atoms with E-state index in [2.05, 4.69) is 6.92 Å². The summed E-state index contributed by atoms with van der Waals surface area (Å²) in [6, 6.07) is 0. The normalized spacial score (nSPS) is 13.1. The first-order valence-electron chi connectivity index (χ1n) is 3.34. The van der Waals surface area contributed by atoms with Gasteiger partial charge in [0.25, 0.3) is 0 Å². The fourth-order valence-electron chi connectivity index (χ4n) is 0.638. The number of aliphatic hydroxyl groups is 1. The van der Waals surface area contributed by atoms with Crippen LogP contribution in [-0.2, 0) is 4.79 Å². The maximum absolute atomic E-state index is 9.69. The molecule has 0 aromatic heterocycles. The zero-order valence-corrected chi connectivity index (χ0v) is 5.76. The van der Waals surface area contributed by atoms with E-state index in [9.17, 15) is 4.79 Å². The highest BCUT2D eigenvalue weighted by Crippen LogP contribution is 2.01. The molecule has 1 radical (unpaired) electrons. The second-order valence-electron chi connectivity index (χ2n) is 2.14. The Morgan fingerprint density at radius 3 is 2.78 bits per heavy atom. The van der Waals surface area contributed by atoms with Gasteiger partial charge in [-0.25, -0.2) is 0 Å².